The maximum atomic E-state index is 9.14. The number of aliphatic hydroxyl groups is 1. The van der Waals surface area contributed by atoms with Gasteiger partial charge in [0.2, 0.25) is 0 Å². The number of hydrogen-bond acceptors (Lipinski definition) is 2. The van der Waals surface area contributed by atoms with Gasteiger partial charge in [0.05, 0.1) is 6.61 Å². The molecule has 0 spiro atoms. The third-order valence-corrected chi connectivity index (χ3v) is 2.40. The summed E-state index contributed by atoms with van der Waals surface area (Å²) in [6, 6.07) is 5.73. The monoisotopic (exact) mass is 226 g/mol. The molecule has 0 saturated heterocycles. The van der Waals surface area contributed by atoms with Gasteiger partial charge < -0.3 is 9.84 Å². The van der Waals surface area contributed by atoms with Crippen molar-refractivity contribution in [2.75, 3.05) is 6.61 Å². The molecule has 1 rings (SSSR count). The van der Waals surface area contributed by atoms with Crippen molar-refractivity contribution < 1.29 is 9.84 Å². The van der Waals surface area contributed by atoms with Crippen LogP contribution in [0.25, 0.3) is 0 Å². The highest BCUT2D eigenvalue weighted by atomic mass is 35.5. The van der Waals surface area contributed by atoms with E-state index in [4.69, 9.17) is 21.4 Å². The Morgan fingerprint density at radius 1 is 1.53 bits per heavy atom. The van der Waals surface area contributed by atoms with Gasteiger partial charge in [-0.05, 0) is 25.5 Å². The van der Waals surface area contributed by atoms with Crippen molar-refractivity contribution in [2.45, 2.75) is 20.5 Å². The molecule has 0 aliphatic heterocycles. The number of hydrogen-bond donors (Lipinski definition) is 1. The van der Waals surface area contributed by atoms with Crippen molar-refractivity contribution >= 4 is 11.6 Å². The summed E-state index contributed by atoms with van der Waals surface area (Å²) in [5, 5.41) is 9.14. The van der Waals surface area contributed by atoms with Crippen LogP contribution in [0.1, 0.15) is 18.1 Å². The SMILES string of the molecule is C/C(=C/Cl)COc1ccc(C)cc1CO. The van der Waals surface area contributed by atoms with E-state index in [-0.39, 0.29) is 6.61 Å². The summed E-state index contributed by atoms with van der Waals surface area (Å²) in [6.45, 7) is 4.30. The van der Waals surface area contributed by atoms with Crippen LogP contribution in [0.3, 0.4) is 0 Å². The fourth-order valence-corrected chi connectivity index (χ4v) is 1.26. The largest absolute Gasteiger partial charge is 0.489 e. The Balaban J connectivity index is 2.76. The number of aryl methyl sites for hydroxylation is 1. The molecular weight excluding hydrogens is 212 g/mol. The number of ether oxygens (including phenoxy) is 1. The van der Waals surface area contributed by atoms with Gasteiger partial charge in [-0.15, -0.1) is 0 Å². The molecule has 82 valence electrons. The van der Waals surface area contributed by atoms with Gasteiger partial charge in [-0.2, -0.15) is 0 Å². The Morgan fingerprint density at radius 2 is 2.27 bits per heavy atom. The van der Waals surface area contributed by atoms with Gasteiger partial charge in [-0.1, -0.05) is 29.3 Å². The Labute approximate surface area is 95.1 Å². The van der Waals surface area contributed by atoms with Crippen LogP contribution in [-0.4, -0.2) is 11.7 Å². The topological polar surface area (TPSA) is 29.5 Å². The van der Waals surface area contributed by atoms with Crippen LogP contribution in [0.15, 0.2) is 29.3 Å². The molecule has 0 heterocycles. The van der Waals surface area contributed by atoms with E-state index in [1.807, 2.05) is 32.0 Å². The first kappa shape index (κ1) is 12.1. The van der Waals surface area contributed by atoms with Crippen LogP contribution in [0, 0.1) is 6.92 Å². The zero-order chi connectivity index (χ0) is 11.3. The van der Waals surface area contributed by atoms with Crippen LogP contribution >= 0.6 is 11.6 Å². The lowest BCUT2D eigenvalue weighted by atomic mass is 10.1. The summed E-state index contributed by atoms with van der Waals surface area (Å²) in [5.74, 6) is 0.709. The first-order valence-electron chi connectivity index (χ1n) is 4.76. The van der Waals surface area contributed by atoms with Crippen molar-refractivity contribution in [1.82, 2.24) is 0 Å². The standard InChI is InChI=1S/C12H15ClO2/c1-9-3-4-12(11(5-9)7-14)15-8-10(2)6-13/h3-6,14H,7-8H2,1-2H3/b10-6-. The molecule has 0 aliphatic carbocycles. The lowest BCUT2D eigenvalue weighted by Crippen LogP contribution is -2.01. The first-order valence-corrected chi connectivity index (χ1v) is 5.20. The molecule has 0 unspecified atom stereocenters. The summed E-state index contributed by atoms with van der Waals surface area (Å²) < 4.78 is 5.52. The molecule has 1 N–H and O–H groups in total. The van der Waals surface area contributed by atoms with Crippen LogP contribution in [0.2, 0.25) is 0 Å². The average Bonchev–Trinajstić information content (AvgIpc) is 2.26. The minimum absolute atomic E-state index is 0.0132. The lowest BCUT2D eigenvalue weighted by molar-refractivity contribution is 0.268. The average molecular weight is 227 g/mol. The minimum atomic E-state index is -0.0132. The maximum Gasteiger partial charge on any atom is 0.125 e. The second kappa shape index (κ2) is 5.79. The van der Waals surface area contributed by atoms with E-state index in [1.54, 1.807) is 0 Å². The summed E-state index contributed by atoms with van der Waals surface area (Å²) >= 11 is 5.53. The Morgan fingerprint density at radius 3 is 2.87 bits per heavy atom. The summed E-state index contributed by atoms with van der Waals surface area (Å²) in [7, 11) is 0. The van der Waals surface area contributed by atoms with Crippen LogP contribution in [0.4, 0.5) is 0 Å². The fourth-order valence-electron chi connectivity index (χ4n) is 1.20. The van der Waals surface area contributed by atoms with Gasteiger partial charge in [0.25, 0.3) is 0 Å². The second-order valence-electron chi connectivity index (χ2n) is 3.51. The molecule has 0 bridgehead atoms. The van der Waals surface area contributed by atoms with Gasteiger partial charge in [-0.3, -0.25) is 0 Å². The Kier molecular flexibility index (Phi) is 4.66. The molecule has 1 aromatic carbocycles. The highest BCUT2D eigenvalue weighted by Gasteiger charge is 2.02. The molecule has 0 aliphatic rings. The molecule has 0 saturated carbocycles. The summed E-state index contributed by atoms with van der Waals surface area (Å²) in [4.78, 5) is 0. The van der Waals surface area contributed by atoms with Gasteiger partial charge in [0.15, 0.2) is 0 Å². The zero-order valence-electron chi connectivity index (χ0n) is 8.96. The molecule has 3 heteroatoms. The molecule has 0 amide bonds. The number of rotatable bonds is 4. The van der Waals surface area contributed by atoms with Crippen molar-refractivity contribution in [1.29, 1.82) is 0 Å². The van der Waals surface area contributed by atoms with Crippen LogP contribution in [-0.2, 0) is 6.61 Å². The van der Waals surface area contributed by atoms with Crippen molar-refractivity contribution in [3.05, 3.63) is 40.4 Å². The van der Waals surface area contributed by atoms with E-state index in [0.29, 0.717) is 12.4 Å². The first-order chi connectivity index (χ1) is 7.17. The summed E-state index contributed by atoms with van der Waals surface area (Å²) in [6.07, 6.45) is 0. The van der Waals surface area contributed by atoms with Gasteiger partial charge >= 0.3 is 0 Å². The van der Waals surface area contributed by atoms with E-state index < -0.39 is 0 Å². The normalized spacial score (nSPS) is 11.6. The van der Waals surface area contributed by atoms with E-state index in [1.165, 1.54) is 5.54 Å². The van der Waals surface area contributed by atoms with Crippen LogP contribution < -0.4 is 4.74 Å². The Bertz CT molecular complexity index is 359. The predicted octanol–water partition coefficient (Wildman–Crippen LogP) is 3.01. The molecule has 1 aromatic rings. The quantitative estimate of drug-likeness (QED) is 0.855. The molecule has 0 atom stereocenters. The van der Waals surface area contributed by atoms with Crippen molar-refractivity contribution in [3.8, 4) is 5.75 Å². The smallest absolute Gasteiger partial charge is 0.125 e. The molecular formula is C12H15ClO2. The number of halogens is 1. The second-order valence-corrected chi connectivity index (χ2v) is 3.73. The minimum Gasteiger partial charge on any atom is -0.489 e. The van der Waals surface area contributed by atoms with Gasteiger partial charge in [0.1, 0.15) is 12.4 Å². The van der Waals surface area contributed by atoms with Crippen LogP contribution in [0.5, 0.6) is 5.75 Å². The molecule has 0 radical (unpaired) electrons. The summed E-state index contributed by atoms with van der Waals surface area (Å²) in [5.41, 5.74) is 4.35. The zero-order valence-corrected chi connectivity index (χ0v) is 9.71. The predicted molar refractivity (Wildman–Crippen MR) is 62.2 cm³/mol. The number of benzene rings is 1. The Hall–Kier alpha value is -0.990. The van der Waals surface area contributed by atoms with Crippen molar-refractivity contribution in [2.24, 2.45) is 0 Å². The molecule has 0 fully saturated rings. The molecule has 15 heavy (non-hydrogen) atoms. The van der Waals surface area contributed by atoms with Gasteiger partial charge in [0, 0.05) is 11.1 Å². The number of aliphatic hydroxyl groups excluding tert-OH is 1. The highest BCUT2D eigenvalue weighted by molar-refractivity contribution is 6.25. The van der Waals surface area contributed by atoms with E-state index in [2.05, 4.69) is 0 Å². The van der Waals surface area contributed by atoms with E-state index in [9.17, 15) is 0 Å². The third kappa shape index (κ3) is 3.57. The third-order valence-electron chi connectivity index (χ3n) is 2.03. The highest BCUT2D eigenvalue weighted by Crippen LogP contribution is 2.20. The van der Waals surface area contributed by atoms with Crippen molar-refractivity contribution in [3.63, 3.8) is 0 Å². The molecule has 2 nitrogen and oxygen atoms in total. The van der Waals surface area contributed by atoms with E-state index in [0.717, 1.165) is 16.7 Å². The lowest BCUT2D eigenvalue weighted by Gasteiger charge is -2.10. The van der Waals surface area contributed by atoms with Gasteiger partial charge in [-0.25, -0.2) is 0 Å². The maximum absolute atomic E-state index is 9.14. The molecule has 0 aromatic heterocycles. The van der Waals surface area contributed by atoms with E-state index >= 15 is 0 Å². The fraction of sp³-hybridized carbons (Fsp3) is 0.333.